The molecule has 16 heavy (non-hydrogen) atoms. The van der Waals surface area contributed by atoms with Gasteiger partial charge in [0.25, 0.3) is 0 Å². The molecule has 96 valence electrons. The molecule has 0 aliphatic heterocycles. The number of thiocarbonyl (C=S) groups is 1. The van der Waals surface area contributed by atoms with Crippen molar-refractivity contribution >= 4 is 17.2 Å². The Morgan fingerprint density at radius 3 is 2.56 bits per heavy atom. The number of rotatable bonds is 11. The van der Waals surface area contributed by atoms with Gasteiger partial charge in [0.2, 0.25) is 0 Å². The largest absolute Gasteiger partial charge is 0.393 e. The van der Waals surface area contributed by atoms with Crippen molar-refractivity contribution in [1.82, 2.24) is 4.90 Å². The van der Waals surface area contributed by atoms with Crippen molar-refractivity contribution in [3.8, 4) is 0 Å². The summed E-state index contributed by atoms with van der Waals surface area (Å²) in [6, 6.07) is 0. The van der Waals surface area contributed by atoms with Gasteiger partial charge in [0.1, 0.15) is 0 Å². The molecule has 0 spiro atoms. The third-order valence-corrected chi connectivity index (χ3v) is 2.46. The number of hydrogen-bond donors (Lipinski definition) is 1. The third kappa shape index (κ3) is 10.3. The van der Waals surface area contributed by atoms with E-state index < -0.39 is 0 Å². The topological polar surface area (TPSA) is 47.7 Å². The lowest BCUT2D eigenvalue weighted by atomic mass is 10.3. The minimum Gasteiger partial charge on any atom is -0.393 e. The number of nitrogens with zero attached hydrogens (tertiary/aromatic N) is 1. The quantitative estimate of drug-likeness (QED) is 0.437. The van der Waals surface area contributed by atoms with Crippen molar-refractivity contribution in [2.24, 2.45) is 5.73 Å². The van der Waals surface area contributed by atoms with Crippen LogP contribution in [0, 0.1) is 0 Å². The van der Waals surface area contributed by atoms with E-state index in [2.05, 4.69) is 4.90 Å². The van der Waals surface area contributed by atoms with Gasteiger partial charge < -0.3 is 20.1 Å². The van der Waals surface area contributed by atoms with Crippen molar-refractivity contribution < 1.29 is 9.47 Å². The van der Waals surface area contributed by atoms with E-state index >= 15 is 0 Å². The van der Waals surface area contributed by atoms with Crippen molar-refractivity contribution in [2.45, 2.75) is 19.8 Å². The van der Waals surface area contributed by atoms with Crippen LogP contribution >= 0.6 is 12.2 Å². The fourth-order valence-corrected chi connectivity index (χ4v) is 1.45. The highest BCUT2D eigenvalue weighted by molar-refractivity contribution is 7.80. The van der Waals surface area contributed by atoms with Gasteiger partial charge in [-0.2, -0.15) is 0 Å². The summed E-state index contributed by atoms with van der Waals surface area (Å²) in [4.78, 5) is 2.88. The van der Waals surface area contributed by atoms with Gasteiger partial charge in [-0.3, -0.25) is 0 Å². The molecule has 0 saturated heterocycles. The summed E-state index contributed by atoms with van der Waals surface area (Å²) >= 11 is 4.88. The van der Waals surface area contributed by atoms with Crippen LogP contribution in [0.5, 0.6) is 0 Å². The molecule has 0 heterocycles. The Hall–Kier alpha value is -0.230. The molecule has 2 N–H and O–H groups in total. The van der Waals surface area contributed by atoms with Crippen LogP contribution in [-0.4, -0.2) is 56.5 Å². The minimum atomic E-state index is 0.576. The smallest absolute Gasteiger partial charge is 0.0740 e. The molecule has 0 radical (unpaired) electrons. The molecule has 4 nitrogen and oxygen atoms in total. The van der Waals surface area contributed by atoms with Crippen LogP contribution < -0.4 is 5.73 Å². The Kier molecular flexibility index (Phi) is 11.1. The summed E-state index contributed by atoms with van der Waals surface area (Å²) in [5, 5.41) is 0. The monoisotopic (exact) mass is 248 g/mol. The van der Waals surface area contributed by atoms with Gasteiger partial charge in [0, 0.05) is 46.4 Å². The Morgan fingerprint density at radius 1 is 1.25 bits per heavy atom. The first-order chi connectivity index (χ1) is 7.70. The fraction of sp³-hybridized carbons (Fsp3) is 0.909. The lowest BCUT2D eigenvalue weighted by molar-refractivity contribution is 0.117. The zero-order valence-electron chi connectivity index (χ0n) is 10.4. The predicted molar refractivity (Wildman–Crippen MR) is 70.8 cm³/mol. The predicted octanol–water partition coefficient (Wildman–Crippen LogP) is 1.04. The van der Waals surface area contributed by atoms with E-state index in [1.54, 1.807) is 7.11 Å². The van der Waals surface area contributed by atoms with Crippen molar-refractivity contribution in [2.75, 3.05) is 46.6 Å². The van der Waals surface area contributed by atoms with Gasteiger partial charge >= 0.3 is 0 Å². The molecule has 0 aromatic carbocycles. The van der Waals surface area contributed by atoms with Crippen molar-refractivity contribution in [3.05, 3.63) is 0 Å². The molecule has 0 bridgehead atoms. The molecule has 5 heteroatoms. The molecule has 0 aromatic rings. The number of hydrogen-bond acceptors (Lipinski definition) is 4. The second-order valence-electron chi connectivity index (χ2n) is 3.60. The van der Waals surface area contributed by atoms with Gasteiger partial charge in [-0.1, -0.05) is 12.2 Å². The molecule has 0 aliphatic carbocycles. The number of nitrogens with two attached hydrogens (primary N) is 1. The maximum atomic E-state index is 5.49. The summed E-state index contributed by atoms with van der Waals surface area (Å²) < 4.78 is 10.4. The normalized spacial score (nSPS) is 10.9. The average molecular weight is 248 g/mol. The van der Waals surface area contributed by atoms with Crippen LogP contribution in [-0.2, 0) is 9.47 Å². The van der Waals surface area contributed by atoms with E-state index in [0.29, 0.717) is 4.99 Å². The zero-order chi connectivity index (χ0) is 12.2. The fourth-order valence-electron chi connectivity index (χ4n) is 1.36. The number of methoxy groups -OCH3 is 1. The first-order valence-corrected chi connectivity index (χ1v) is 6.18. The third-order valence-electron chi connectivity index (χ3n) is 2.25. The summed E-state index contributed by atoms with van der Waals surface area (Å²) in [7, 11) is 1.71. The van der Waals surface area contributed by atoms with Gasteiger partial charge in [-0.15, -0.1) is 0 Å². The zero-order valence-corrected chi connectivity index (χ0v) is 11.2. The average Bonchev–Trinajstić information content (AvgIpc) is 2.26. The molecule has 0 fully saturated rings. The number of ether oxygens (including phenoxy) is 2. The van der Waals surface area contributed by atoms with Crippen LogP contribution in [0.4, 0.5) is 0 Å². The second-order valence-corrected chi connectivity index (χ2v) is 4.13. The molecule has 0 saturated carbocycles. The molecule has 0 atom stereocenters. The van der Waals surface area contributed by atoms with E-state index in [-0.39, 0.29) is 0 Å². The maximum absolute atomic E-state index is 5.49. The maximum Gasteiger partial charge on any atom is 0.0740 e. The summed E-state index contributed by atoms with van der Waals surface area (Å²) in [5.74, 6) is 0. The van der Waals surface area contributed by atoms with Gasteiger partial charge in [0.05, 0.1) is 11.6 Å². The Bertz CT molecular complexity index is 179. The lowest BCUT2D eigenvalue weighted by Crippen LogP contribution is -2.32. The Morgan fingerprint density at radius 2 is 2.00 bits per heavy atom. The second kappa shape index (κ2) is 11.3. The molecule has 0 amide bonds. The highest BCUT2D eigenvalue weighted by Gasteiger charge is 2.04. The standard InChI is InChI=1S/C11H24N2O2S/c1-3-15-9-4-6-13(8-10-14-2)7-5-11(12)16/h3-10H2,1-2H3,(H2,12,16). The van der Waals surface area contributed by atoms with Crippen molar-refractivity contribution in [3.63, 3.8) is 0 Å². The van der Waals surface area contributed by atoms with Crippen LogP contribution in [0.15, 0.2) is 0 Å². The van der Waals surface area contributed by atoms with E-state index in [0.717, 1.165) is 52.3 Å². The molecule has 0 aliphatic rings. The van der Waals surface area contributed by atoms with E-state index in [9.17, 15) is 0 Å². The van der Waals surface area contributed by atoms with E-state index in [1.165, 1.54) is 0 Å². The highest BCUT2D eigenvalue weighted by Crippen LogP contribution is 1.96. The van der Waals surface area contributed by atoms with Crippen LogP contribution in [0.2, 0.25) is 0 Å². The minimum absolute atomic E-state index is 0.576. The SMILES string of the molecule is CCOCCCN(CCOC)CCC(N)=S. The van der Waals surface area contributed by atoms with Gasteiger partial charge in [-0.25, -0.2) is 0 Å². The molecular formula is C11H24N2O2S. The first-order valence-electron chi connectivity index (χ1n) is 5.78. The molecule has 0 rings (SSSR count). The van der Waals surface area contributed by atoms with Gasteiger partial charge in [0.15, 0.2) is 0 Å². The molecule has 0 unspecified atom stereocenters. The molecule has 0 aromatic heterocycles. The Balaban J connectivity index is 3.66. The van der Waals surface area contributed by atoms with E-state index in [4.69, 9.17) is 27.4 Å². The lowest BCUT2D eigenvalue weighted by Gasteiger charge is -2.21. The van der Waals surface area contributed by atoms with Crippen LogP contribution in [0.3, 0.4) is 0 Å². The molecular weight excluding hydrogens is 224 g/mol. The van der Waals surface area contributed by atoms with Gasteiger partial charge in [-0.05, 0) is 13.3 Å². The summed E-state index contributed by atoms with van der Waals surface area (Å²) in [6.45, 7) is 7.18. The summed E-state index contributed by atoms with van der Waals surface area (Å²) in [6.07, 6.45) is 1.81. The highest BCUT2D eigenvalue weighted by atomic mass is 32.1. The first kappa shape index (κ1) is 15.8. The van der Waals surface area contributed by atoms with Crippen LogP contribution in [0.25, 0.3) is 0 Å². The van der Waals surface area contributed by atoms with Crippen LogP contribution in [0.1, 0.15) is 19.8 Å². The Labute approximate surface area is 104 Å². The van der Waals surface area contributed by atoms with E-state index in [1.807, 2.05) is 6.92 Å². The summed E-state index contributed by atoms with van der Waals surface area (Å²) in [5.41, 5.74) is 5.49. The van der Waals surface area contributed by atoms with Crippen molar-refractivity contribution in [1.29, 1.82) is 0 Å².